The van der Waals surface area contributed by atoms with Gasteiger partial charge >= 0.3 is 0 Å². The number of sulfonamides is 1. The zero-order chi connectivity index (χ0) is 22.6. The van der Waals surface area contributed by atoms with E-state index in [2.05, 4.69) is 16.0 Å². The number of aromatic nitrogens is 1. The predicted octanol–water partition coefficient (Wildman–Crippen LogP) is 1.70. The Balaban J connectivity index is 1.26. The van der Waals surface area contributed by atoms with Crippen molar-refractivity contribution in [1.82, 2.24) is 19.1 Å². The van der Waals surface area contributed by atoms with Gasteiger partial charge in [-0.1, -0.05) is 12.1 Å². The number of piperidine rings is 1. The van der Waals surface area contributed by atoms with Gasteiger partial charge in [-0.05, 0) is 42.7 Å². The number of rotatable bonds is 5. The van der Waals surface area contributed by atoms with Crippen LogP contribution in [0.15, 0.2) is 53.7 Å². The van der Waals surface area contributed by atoms with Crippen LogP contribution in [0.1, 0.15) is 24.0 Å². The van der Waals surface area contributed by atoms with Gasteiger partial charge < -0.3 is 4.90 Å². The smallest absolute Gasteiger partial charge is 0.244 e. The summed E-state index contributed by atoms with van der Waals surface area (Å²) in [7, 11) is -3.56. The van der Waals surface area contributed by atoms with E-state index in [-0.39, 0.29) is 16.7 Å². The van der Waals surface area contributed by atoms with Crippen molar-refractivity contribution in [3.63, 3.8) is 0 Å². The molecule has 168 valence electrons. The summed E-state index contributed by atoms with van der Waals surface area (Å²) in [6, 6.07) is 12.9. The number of pyridine rings is 1. The lowest BCUT2D eigenvalue weighted by atomic mass is 9.96. The van der Waals surface area contributed by atoms with Crippen LogP contribution in [0, 0.1) is 17.2 Å². The number of carbonyl (C=O) groups excluding carboxylic acids is 1. The summed E-state index contributed by atoms with van der Waals surface area (Å²) >= 11 is 0. The van der Waals surface area contributed by atoms with Gasteiger partial charge in [0.1, 0.15) is 4.90 Å². The first kappa shape index (κ1) is 22.4. The summed E-state index contributed by atoms with van der Waals surface area (Å²) < 4.78 is 27.0. The molecule has 0 saturated carbocycles. The fourth-order valence-electron chi connectivity index (χ4n) is 4.32. The molecule has 9 heteroatoms. The van der Waals surface area contributed by atoms with Crippen molar-refractivity contribution in [2.75, 3.05) is 39.3 Å². The molecular formula is C23H27N5O3S. The highest BCUT2D eigenvalue weighted by Crippen LogP contribution is 2.25. The highest BCUT2D eigenvalue weighted by molar-refractivity contribution is 7.89. The molecule has 2 aliphatic heterocycles. The maximum absolute atomic E-state index is 13.0. The van der Waals surface area contributed by atoms with Gasteiger partial charge in [-0.15, -0.1) is 0 Å². The molecule has 32 heavy (non-hydrogen) atoms. The van der Waals surface area contributed by atoms with Crippen LogP contribution >= 0.6 is 0 Å². The highest BCUT2D eigenvalue weighted by atomic mass is 32.2. The Labute approximate surface area is 189 Å². The Morgan fingerprint density at radius 3 is 2.31 bits per heavy atom. The second-order valence-electron chi connectivity index (χ2n) is 8.28. The molecule has 1 aromatic carbocycles. The number of nitrogens with zero attached hydrogens (tertiary/aromatic N) is 5. The topological polar surface area (TPSA) is 97.6 Å². The molecule has 0 atom stereocenters. The first-order valence-corrected chi connectivity index (χ1v) is 12.3. The molecule has 0 spiro atoms. The van der Waals surface area contributed by atoms with Crippen LogP contribution in [0.3, 0.4) is 0 Å². The molecule has 1 aromatic heterocycles. The van der Waals surface area contributed by atoms with E-state index in [1.54, 1.807) is 18.3 Å². The second kappa shape index (κ2) is 9.77. The van der Waals surface area contributed by atoms with E-state index in [0.717, 1.165) is 25.2 Å². The molecule has 0 radical (unpaired) electrons. The van der Waals surface area contributed by atoms with Crippen molar-refractivity contribution < 1.29 is 13.2 Å². The van der Waals surface area contributed by atoms with Gasteiger partial charge in [-0.3, -0.25) is 14.7 Å². The standard InChI is InChI=1S/C23H27N5O3S/c24-16-19-3-5-20(6-4-19)18-26-12-14-27(15-13-26)23(29)21-7-10-28(11-8-21)32(30,31)22-2-1-9-25-17-22/h1-6,9,17,21H,7-8,10-15,18H2. The van der Waals surface area contributed by atoms with Crippen molar-refractivity contribution in [2.24, 2.45) is 5.92 Å². The third-order valence-corrected chi connectivity index (χ3v) is 8.13. The highest BCUT2D eigenvalue weighted by Gasteiger charge is 2.34. The van der Waals surface area contributed by atoms with Crippen molar-refractivity contribution in [3.8, 4) is 6.07 Å². The lowest BCUT2D eigenvalue weighted by Crippen LogP contribution is -2.51. The summed E-state index contributed by atoms with van der Waals surface area (Å²) in [5.41, 5.74) is 1.81. The van der Waals surface area contributed by atoms with E-state index in [1.807, 2.05) is 29.2 Å². The summed E-state index contributed by atoms with van der Waals surface area (Å²) in [5, 5.41) is 8.91. The Kier molecular flexibility index (Phi) is 6.84. The van der Waals surface area contributed by atoms with Crippen molar-refractivity contribution >= 4 is 15.9 Å². The van der Waals surface area contributed by atoms with E-state index in [4.69, 9.17) is 5.26 Å². The maximum atomic E-state index is 13.0. The minimum absolute atomic E-state index is 0.125. The SMILES string of the molecule is N#Cc1ccc(CN2CCN(C(=O)C3CCN(S(=O)(=O)c4cccnc4)CC3)CC2)cc1. The molecule has 8 nitrogen and oxygen atoms in total. The zero-order valence-electron chi connectivity index (χ0n) is 17.9. The van der Waals surface area contributed by atoms with E-state index in [0.29, 0.717) is 44.6 Å². The van der Waals surface area contributed by atoms with E-state index in [1.165, 1.54) is 10.5 Å². The summed E-state index contributed by atoms with van der Waals surface area (Å²) in [6.45, 7) is 4.49. The van der Waals surface area contributed by atoms with Crippen LogP contribution in [-0.2, 0) is 21.4 Å². The fourth-order valence-corrected chi connectivity index (χ4v) is 5.75. The molecule has 2 saturated heterocycles. The molecule has 0 unspecified atom stereocenters. The van der Waals surface area contributed by atoms with Crippen LogP contribution in [0.5, 0.6) is 0 Å². The van der Waals surface area contributed by atoms with Crippen LogP contribution in [0.25, 0.3) is 0 Å². The van der Waals surface area contributed by atoms with Crippen molar-refractivity contribution in [3.05, 3.63) is 59.9 Å². The van der Waals surface area contributed by atoms with Crippen LogP contribution in [0.4, 0.5) is 0 Å². The minimum atomic E-state index is -3.56. The normalized spacial score (nSPS) is 18.9. The van der Waals surface area contributed by atoms with Gasteiger partial charge in [0.15, 0.2) is 0 Å². The average Bonchev–Trinajstić information content (AvgIpc) is 2.85. The summed E-state index contributed by atoms with van der Waals surface area (Å²) in [5.74, 6) is 0.0156. The lowest BCUT2D eigenvalue weighted by molar-refractivity contribution is -0.138. The Bertz CT molecular complexity index is 1070. The first-order chi connectivity index (χ1) is 15.5. The Morgan fingerprint density at radius 1 is 1.03 bits per heavy atom. The summed E-state index contributed by atoms with van der Waals surface area (Å²) in [6.07, 6.45) is 4.01. The van der Waals surface area contributed by atoms with Gasteiger partial charge in [0.05, 0.1) is 11.6 Å². The first-order valence-electron chi connectivity index (χ1n) is 10.9. The molecule has 2 aliphatic rings. The molecule has 4 rings (SSSR count). The van der Waals surface area contributed by atoms with E-state index < -0.39 is 10.0 Å². The Hall–Kier alpha value is -2.80. The Morgan fingerprint density at radius 2 is 1.72 bits per heavy atom. The minimum Gasteiger partial charge on any atom is -0.340 e. The van der Waals surface area contributed by atoms with Gasteiger partial charge in [0.25, 0.3) is 0 Å². The van der Waals surface area contributed by atoms with Crippen molar-refractivity contribution in [1.29, 1.82) is 5.26 Å². The average molecular weight is 454 g/mol. The third kappa shape index (κ3) is 4.99. The maximum Gasteiger partial charge on any atom is 0.244 e. The molecule has 2 aromatic rings. The largest absolute Gasteiger partial charge is 0.340 e. The number of carbonyl (C=O) groups is 1. The predicted molar refractivity (Wildman–Crippen MR) is 119 cm³/mol. The summed E-state index contributed by atoms with van der Waals surface area (Å²) in [4.78, 5) is 21.4. The number of hydrogen-bond acceptors (Lipinski definition) is 6. The molecule has 3 heterocycles. The molecule has 0 bridgehead atoms. The van der Waals surface area contributed by atoms with Crippen LogP contribution in [0.2, 0.25) is 0 Å². The van der Waals surface area contributed by atoms with E-state index >= 15 is 0 Å². The zero-order valence-corrected chi connectivity index (χ0v) is 18.7. The quantitative estimate of drug-likeness (QED) is 0.684. The molecular weight excluding hydrogens is 426 g/mol. The monoisotopic (exact) mass is 453 g/mol. The lowest BCUT2D eigenvalue weighted by Gasteiger charge is -2.38. The fraction of sp³-hybridized carbons (Fsp3) is 0.435. The third-order valence-electron chi connectivity index (χ3n) is 6.25. The van der Waals surface area contributed by atoms with Crippen LogP contribution in [-0.4, -0.2) is 72.7 Å². The van der Waals surface area contributed by atoms with Gasteiger partial charge in [-0.25, -0.2) is 8.42 Å². The molecule has 2 fully saturated rings. The number of nitriles is 1. The second-order valence-corrected chi connectivity index (χ2v) is 10.2. The van der Waals surface area contributed by atoms with Crippen molar-refractivity contribution in [2.45, 2.75) is 24.3 Å². The number of benzene rings is 1. The molecule has 0 aliphatic carbocycles. The number of amides is 1. The molecule has 0 N–H and O–H groups in total. The van der Waals surface area contributed by atoms with Gasteiger partial charge in [0.2, 0.25) is 15.9 Å². The van der Waals surface area contributed by atoms with E-state index in [9.17, 15) is 13.2 Å². The van der Waals surface area contributed by atoms with Gasteiger partial charge in [-0.2, -0.15) is 9.57 Å². The number of piperazine rings is 1. The van der Waals surface area contributed by atoms with Gasteiger partial charge in [0, 0.05) is 64.1 Å². The van der Waals surface area contributed by atoms with Crippen LogP contribution < -0.4 is 0 Å². The molecule has 1 amide bonds. The number of hydrogen-bond donors (Lipinski definition) is 0.